The summed E-state index contributed by atoms with van der Waals surface area (Å²) in [6.45, 7) is 2.84. The molecule has 2 aromatic carbocycles. The molecule has 0 unspecified atom stereocenters. The number of aromatic nitrogens is 4. The molecule has 4 aromatic rings. The molecule has 0 amide bonds. The summed E-state index contributed by atoms with van der Waals surface area (Å²) in [5, 5.41) is 0. The van der Waals surface area contributed by atoms with Gasteiger partial charge in [0.15, 0.2) is 5.82 Å². The van der Waals surface area contributed by atoms with Gasteiger partial charge >= 0.3 is 0 Å². The van der Waals surface area contributed by atoms with Gasteiger partial charge in [0.25, 0.3) is 0 Å². The molecule has 0 N–H and O–H groups in total. The zero-order chi connectivity index (χ0) is 15.1. The van der Waals surface area contributed by atoms with Crippen LogP contribution in [0.5, 0.6) is 0 Å². The summed E-state index contributed by atoms with van der Waals surface area (Å²) in [6.07, 6.45) is 1.69. The van der Waals surface area contributed by atoms with Crippen LogP contribution in [0.2, 0.25) is 0 Å². The molecule has 0 radical (unpaired) electrons. The van der Waals surface area contributed by atoms with Crippen LogP contribution in [0.25, 0.3) is 33.6 Å². The summed E-state index contributed by atoms with van der Waals surface area (Å²) < 4.78 is 15.5. The van der Waals surface area contributed by atoms with Crippen molar-refractivity contribution in [3.8, 4) is 11.5 Å². The van der Waals surface area contributed by atoms with Crippen LogP contribution in [0.15, 0.2) is 48.7 Å². The lowest BCUT2D eigenvalue weighted by molar-refractivity contribution is 0.629. The van der Waals surface area contributed by atoms with E-state index in [1.807, 2.05) is 24.3 Å². The molecule has 2 heterocycles. The topological polar surface area (TPSA) is 43.6 Å². The number of hydrogen-bond donors (Lipinski definition) is 0. The molecule has 0 fully saturated rings. The molecule has 0 aliphatic heterocycles. The Morgan fingerprint density at radius 1 is 1.00 bits per heavy atom. The second-order valence-electron chi connectivity index (χ2n) is 5.06. The molecule has 0 aliphatic carbocycles. The second kappa shape index (κ2) is 4.87. The van der Waals surface area contributed by atoms with Crippen molar-refractivity contribution >= 4 is 22.1 Å². The van der Waals surface area contributed by atoms with E-state index in [-0.39, 0.29) is 5.82 Å². The van der Waals surface area contributed by atoms with Gasteiger partial charge in [0, 0.05) is 12.6 Å². The lowest BCUT2D eigenvalue weighted by Crippen LogP contribution is -2.00. The van der Waals surface area contributed by atoms with Gasteiger partial charge in [-0.05, 0) is 31.2 Å². The van der Waals surface area contributed by atoms with Gasteiger partial charge in [-0.2, -0.15) is 0 Å². The number of para-hydroxylation sites is 2. The van der Waals surface area contributed by atoms with Crippen LogP contribution in [-0.2, 0) is 6.54 Å². The predicted octanol–water partition coefficient (Wildman–Crippen LogP) is 3.81. The summed E-state index contributed by atoms with van der Waals surface area (Å²) >= 11 is 0. The molecule has 0 saturated carbocycles. The largest absolute Gasteiger partial charge is 0.323 e. The zero-order valence-electron chi connectivity index (χ0n) is 12.0. The van der Waals surface area contributed by atoms with Crippen molar-refractivity contribution in [1.29, 1.82) is 0 Å². The molecule has 108 valence electrons. The highest BCUT2D eigenvalue weighted by Crippen LogP contribution is 2.24. The Kier molecular flexibility index (Phi) is 2.85. The van der Waals surface area contributed by atoms with Crippen LogP contribution in [0.1, 0.15) is 6.92 Å². The van der Waals surface area contributed by atoms with Gasteiger partial charge in [-0.3, -0.25) is 4.98 Å². The van der Waals surface area contributed by atoms with Crippen molar-refractivity contribution < 1.29 is 4.39 Å². The first-order chi connectivity index (χ1) is 10.8. The van der Waals surface area contributed by atoms with Crippen LogP contribution in [0.4, 0.5) is 4.39 Å². The van der Waals surface area contributed by atoms with E-state index in [1.165, 1.54) is 12.1 Å². The van der Waals surface area contributed by atoms with E-state index in [9.17, 15) is 4.39 Å². The first-order valence-electron chi connectivity index (χ1n) is 7.14. The summed E-state index contributed by atoms with van der Waals surface area (Å²) in [5.41, 5.74) is 3.83. The van der Waals surface area contributed by atoms with E-state index in [0.29, 0.717) is 16.7 Å². The maximum absolute atomic E-state index is 13.4. The molecule has 0 atom stereocenters. The van der Waals surface area contributed by atoms with Gasteiger partial charge in [0.05, 0.1) is 28.3 Å². The summed E-state index contributed by atoms with van der Waals surface area (Å²) in [7, 11) is 0. The van der Waals surface area contributed by atoms with Crippen molar-refractivity contribution in [2.45, 2.75) is 13.5 Å². The molecule has 4 rings (SSSR count). The van der Waals surface area contributed by atoms with Crippen LogP contribution in [0.3, 0.4) is 0 Å². The first-order valence-corrected chi connectivity index (χ1v) is 7.14. The minimum atomic E-state index is -0.317. The van der Waals surface area contributed by atoms with Gasteiger partial charge in [-0.25, -0.2) is 14.4 Å². The highest BCUT2D eigenvalue weighted by molar-refractivity contribution is 5.81. The minimum absolute atomic E-state index is 0.317. The molecular formula is C17H13FN4. The van der Waals surface area contributed by atoms with Crippen molar-refractivity contribution in [2.75, 3.05) is 0 Å². The highest BCUT2D eigenvalue weighted by Gasteiger charge is 2.13. The quantitative estimate of drug-likeness (QED) is 0.564. The summed E-state index contributed by atoms with van der Waals surface area (Å²) in [4.78, 5) is 13.5. The molecule has 0 bridgehead atoms. The van der Waals surface area contributed by atoms with Crippen molar-refractivity contribution in [3.63, 3.8) is 0 Å². The van der Waals surface area contributed by atoms with Crippen molar-refractivity contribution in [3.05, 3.63) is 54.5 Å². The Balaban J connectivity index is 1.98. The van der Waals surface area contributed by atoms with E-state index >= 15 is 0 Å². The Bertz CT molecular complexity index is 990. The number of aryl methyl sites for hydroxylation is 1. The van der Waals surface area contributed by atoms with Gasteiger partial charge in [-0.15, -0.1) is 0 Å². The van der Waals surface area contributed by atoms with E-state index in [2.05, 4.69) is 26.4 Å². The number of nitrogens with zero attached hydrogens (tertiary/aromatic N) is 4. The third-order valence-electron chi connectivity index (χ3n) is 3.70. The average molecular weight is 292 g/mol. The Hall–Kier alpha value is -2.82. The van der Waals surface area contributed by atoms with E-state index < -0.39 is 0 Å². The first kappa shape index (κ1) is 12.9. The second-order valence-corrected chi connectivity index (χ2v) is 5.06. The van der Waals surface area contributed by atoms with Gasteiger partial charge in [0.2, 0.25) is 0 Å². The maximum atomic E-state index is 13.4. The van der Waals surface area contributed by atoms with Gasteiger partial charge < -0.3 is 4.57 Å². The lowest BCUT2D eigenvalue weighted by atomic mass is 10.3. The average Bonchev–Trinajstić information content (AvgIpc) is 2.92. The highest BCUT2D eigenvalue weighted by atomic mass is 19.1. The number of halogens is 1. The Labute approximate surface area is 126 Å². The number of benzene rings is 2. The SMILES string of the molecule is CCn1c(-c2cnc3ccc(F)cc3n2)nc2ccccc21. The standard InChI is InChI=1S/C17H13FN4/c1-2-22-16-6-4-3-5-13(16)21-17(22)15-10-19-12-8-7-11(18)9-14(12)20-15/h3-10H,2H2,1H3. The van der Waals surface area contributed by atoms with Crippen LogP contribution < -0.4 is 0 Å². The molecule has 22 heavy (non-hydrogen) atoms. The molecule has 5 heteroatoms. The van der Waals surface area contributed by atoms with E-state index in [4.69, 9.17) is 0 Å². The van der Waals surface area contributed by atoms with Gasteiger partial charge in [-0.1, -0.05) is 12.1 Å². The fourth-order valence-electron chi connectivity index (χ4n) is 2.68. The van der Waals surface area contributed by atoms with E-state index in [0.717, 1.165) is 23.4 Å². The minimum Gasteiger partial charge on any atom is -0.323 e. The van der Waals surface area contributed by atoms with Gasteiger partial charge in [0.1, 0.15) is 11.5 Å². The van der Waals surface area contributed by atoms with E-state index in [1.54, 1.807) is 12.3 Å². The number of rotatable bonds is 2. The normalized spacial score (nSPS) is 11.4. The third kappa shape index (κ3) is 1.94. The maximum Gasteiger partial charge on any atom is 0.161 e. The summed E-state index contributed by atoms with van der Waals surface area (Å²) in [5.74, 6) is 0.435. The number of hydrogen-bond acceptors (Lipinski definition) is 3. The summed E-state index contributed by atoms with van der Waals surface area (Å²) in [6, 6.07) is 12.4. The lowest BCUT2D eigenvalue weighted by Gasteiger charge is -2.06. The third-order valence-corrected chi connectivity index (χ3v) is 3.70. The smallest absolute Gasteiger partial charge is 0.161 e. The number of fused-ring (bicyclic) bond motifs is 2. The number of imidazole rings is 1. The monoisotopic (exact) mass is 292 g/mol. The molecule has 2 aromatic heterocycles. The molecule has 0 aliphatic rings. The molecule has 0 spiro atoms. The molecule has 0 saturated heterocycles. The molecular weight excluding hydrogens is 279 g/mol. The zero-order valence-corrected chi connectivity index (χ0v) is 12.0. The fraction of sp³-hybridized carbons (Fsp3) is 0.118. The van der Waals surface area contributed by atoms with Crippen LogP contribution in [-0.4, -0.2) is 19.5 Å². The molecule has 4 nitrogen and oxygen atoms in total. The van der Waals surface area contributed by atoms with Crippen LogP contribution >= 0.6 is 0 Å². The fourth-order valence-corrected chi connectivity index (χ4v) is 2.68. The van der Waals surface area contributed by atoms with Crippen LogP contribution in [0, 0.1) is 5.82 Å². The van der Waals surface area contributed by atoms with Crippen molar-refractivity contribution in [1.82, 2.24) is 19.5 Å². The predicted molar refractivity (Wildman–Crippen MR) is 83.9 cm³/mol. The Morgan fingerprint density at radius 2 is 1.86 bits per heavy atom. The van der Waals surface area contributed by atoms with Crippen molar-refractivity contribution in [2.24, 2.45) is 0 Å². The Morgan fingerprint density at radius 3 is 2.73 bits per heavy atom.